The van der Waals surface area contributed by atoms with Gasteiger partial charge in [0.25, 0.3) is 0 Å². The molecular formula is C18H28N6O5S. The summed E-state index contributed by atoms with van der Waals surface area (Å²) in [4.78, 5) is 40.2. The number of aromatic hydroxyl groups is 1. The topological polar surface area (TPSA) is 206 Å². The van der Waals surface area contributed by atoms with Crippen molar-refractivity contribution in [2.75, 3.05) is 12.3 Å². The summed E-state index contributed by atoms with van der Waals surface area (Å²) in [7, 11) is 0. The van der Waals surface area contributed by atoms with Crippen molar-refractivity contribution in [3.05, 3.63) is 29.8 Å². The summed E-state index contributed by atoms with van der Waals surface area (Å²) in [6, 6.07) is 2.75. The first-order chi connectivity index (χ1) is 14.1. The maximum atomic E-state index is 12.7. The zero-order valence-corrected chi connectivity index (χ0v) is 17.2. The molecule has 0 bridgehead atoms. The Balaban J connectivity index is 2.86. The number of thiol groups is 1. The molecule has 0 heterocycles. The van der Waals surface area contributed by atoms with Gasteiger partial charge in [-0.2, -0.15) is 12.6 Å². The van der Waals surface area contributed by atoms with Gasteiger partial charge in [-0.15, -0.1) is 0 Å². The minimum Gasteiger partial charge on any atom is -0.508 e. The number of benzene rings is 1. The van der Waals surface area contributed by atoms with Crippen molar-refractivity contribution < 1.29 is 24.6 Å². The number of hydrogen-bond donors (Lipinski definition) is 8. The number of guanidine groups is 1. The minimum atomic E-state index is -1.24. The standard InChI is InChI=1S/C18H28N6O5S/c19-12(9-30)15(26)23-13(2-1-7-22-18(20)21)16(27)24-14(17(28)29)8-10-3-5-11(25)6-4-10/h3-6,12-14,25,30H,1-2,7-9,19H2,(H,23,26)(H,24,27)(H,28,29)(H4,20,21,22). The highest BCUT2D eigenvalue weighted by molar-refractivity contribution is 7.80. The largest absolute Gasteiger partial charge is 0.508 e. The molecule has 30 heavy (non-hydrogen) atoms. The van der Waals surface area contributed by atoms with Crippen LogP contribution in [-0.4, -0.2) is 64.4 Å². The number of aliphatic imine (C=N–C) groups is 1. The molecule has 0 aliphatic carbocycles. The number of hydrogen-bond acceptors (Lipinski definition) is 7. The first kappa shape index (κ1) is 25.0. The molecule has 3 atom stereocenters. The molecule has 0 spiro atoms. The molecule has 1 aromatic carbocycles. The van der Waals surface area contributed by atoms with Crippen LogP contribution >= 0.6 is 12.6 Å². The predicted octanol–water partition coefficient (Wildman–Crippen LogP) is -1.70. The van der Waals surface area contributed by atoms with Gasteiger partial charge >= 0.3 is 5.97 Å². The smallest absolute Gasteiger partial charge is 0.326 e. The van der Waals surface area contributed by atoms with Crippen LogP contribution in [0, 0.1) is 0 Å². The van der Waals surface area contributed by atoms with E-state index in [-0.39, 0.29) is 36.8 Å². The Hall–Kier alpha value is -2.99. The third-order valence-corrected chi connectivity index (χ3v) is 4.50. The summed E-state index contributed by atoms with van der Waals surface area (Å²) in [6.45, 7) is 0.233. The summed E-state index contributed by atoms with van der Waals surface area (Å²) in [6.07, 6.45) is 0.521. The van der Waals surface area contributed by atoms with Crippen molar-refractivity contribution in [1.29, 1.82) is 0 Å². The normalized spacial score (nSPS) is 13.5. The van der Waals surface area contributed by atoms with E-state index in [0.717, 1.165) is 0 Å². The van der Waals surface area contributed by atoms with Gasteiger partial charge in [-0.1, -0.05) is 12.1 Å². The van der Waals surface area contributed by atoms with Crippen LogP contribution in [0.1, 0.15) is 18.4 Å². The Morgan fingerprint density at radius 3 is 2.20 bits per heavy atom. The first-order valence-electron chi connectivity index (χ1n) is 9.17. The molecule has 0 radical (unpaired) electrons. The molecule has 10 N–H and O–H groups in total. The molecule has 1 rings (SSSR count). The SMILES string of the molecule is NC(N)=NCCCC(NC(=O)C(N)CS)C(=O)NC(Cc1ccc(O)cc1)C(=O)O. The number of amides is 2. The lowest BCUT2D eigenvalue weighted by atomic mass is 10.0. The Morgan fingerprint density at radius 2 is 1.67 bits per heavy atom. The van der Waals surface area contributed by atoms with Gasteiger partial charge in [0, 0.05) is 18.7 Å². The predicted molar refractivity (Wildman–Crippen MR) is 115 cm³/mol. The Bertz CT molecular complexity index is 754. The lowest BCUT2D eigenvalue weighted by Gasteiger charge is -2.22. The molecule has 0 aliphatic rings. The van der Waals surface area contributed by atoms with Crippen LogP contribution in [0.25, 0.3) is 0 Å². The van der Waals surface area contributed by atoms with E-state index in [2.05, 4.69) is 28.3 Å². The third-order valence-electron chi connectivity index (χ3n) is 4.10. The molecule has 0 fully saturated rings. The lowest BCUT2D eigenvalue weighted by molar-refractivity contribution is -0.142. The molecule has 3 unspecified atom stereocenters. The average Bonchev–Trinajstić information content (AvgIpc) is 2.70. The molecule has 2 amide bonds. The van der Waals surface area contributed by atoms with Crippen LogP contribution in [0.15, 0.2) is 29.3 Å². The van der Waals surface area contributed by atoms with E-state index in [4.69, 9.17) is 17.2 Å². The summed E-state index contributed by atoms with van der Waals surface area (Å²) in [5.41, 5.74) is 16.8. The molecular weight excluding hydrogens is 412 g/mol. The van der Waals surface area contributed by atoms with Crippen LogP contribution in [-0.2, 0) is 20.8 Å². The van der Waals surface area contributed by atoms with Crippen molar-refractivity contribution in [2.24, 2.45) is 22.2 Å². The number of phenols is 1. The molecule has 11 nitrogen and oxygen atoms in total. The Labute approximate surface area is 179 Å². The number of phenolic OH excluding ortho intramolecular Hbond substituents is 1. The van der Waals surface area contributed by atoms with Crippen LogP contribution in [0.5, 0.6) is 5.75 Å². The second-order valence-electron chi connectivity index (χ2n) is 6.57. The van der Waals surface area contributed by atoms with Gasteiger partial charge in [-0.3, -0.25) is 14.6 Å². The quantitative estimate of drug-likeness (QED) is 0.0811. The number of nitrogens with two attached hydrogens (primary N) is 3. The molecule has 12 heteroatoms. The number of nitrogens with one attached hydrogen (secondary N) is 2. The van der Waals surface area contributed by atoms with Crippen LogP contribution < -0.4 is 27.8 Å². The molecule has 0 aliphatic heterocycles. The van der Waals surface area contributed by atoms with Gasteiger partial charge in [0.2, 0.25) is 11.8 Å². The number of carbonyl (C=O) groups excluding carboxylic acids is 2. The Morgan fingerprint density at radius 1 is 1.07 bits per heavy atom. The van der Waals surface area contributed by atoms with E-state index in [9.17, 15) is 24.6 Å². The van der Waals surface area contributed by atoms with E-state index in [1.165, 1.54) is 12.1 Å². The number of nitrogens with zero attached hydrogens (tertiary/aromatic N) is 1. The lowest BCUT2D eigenvalue weighted by Crippen LogP contribution is -2.55. The molecule has 0 saturated heterocycles. The third kappa shape index (κ3) is 9.01. The van der Waals surface area contributed by atoms with Crippen molar-refractivity contribution in [3.63, 3.8) is 0 Å². The number of carboxylic acids is 1. The van der Waals surface area contributed by atoms with Crippen LogP contribution in [0.2, 0.25) is 0 Å². The first-order valence-corrected chi connectivity index (χ1v) is 9.80. The van der Waals surface area contributed by atoms with Crippen molar-refractivity contribution in [3.8, 4) is 5.75 Å². The number of carbonyl (C=O) groups is 3. The maximum absolute atomic E-state index is 12.7. The fourth-order valence-electron chi connectivity index (χ4n) is 2.47. The van der Waals surface area contributed by atoms with E-state index < -0.39 is 35.9 Å². The fourth-order valence-corrected chi connectivity index (χ4v) is 2.64. The van der Waals surface area contributed by atoms with Gasteiger partial charge in [-0.25, -0.2) is 4.79 Å². The highest BCUT2D eigenvalue weighted by Gasteiger charge is 2.27. The van der Waals surface area contributed by atoms with Crippen molar-refractivity contribution >= 4 is 36.4 Å². The maximum Gasteiger partial charge on any atom is 0.326 e. The van der Waals surface area contributed by atoms with Crippen LogP contribution in [0.3, 0.4) is 0 Å². The minimum absolute atomic E-state index is 0.00776. The molecule has 1 aromatic rings. The van der Waals surface area contributed by atoms with E-state index >= 15 is 0 Å². The second-order valence-corrected chi connectivity index (χ2v) is 6.93. The van der Waals surface area contributed by atoms with Crippen LogP contribution in [0.4, 0.5) is 0 Å². The van der Waals surface area contributed by atoms with Gasteiger partial charge in [0.05, 0.1) is 6.04 Å². The zero-order valence-electron chi connectivity index (χ0n) is 16.3. The number of rotatable bonds is 12. The summed E-state index contributed by atoms with van der Waals surface area (Å²) in [5, 5.41) is 23.8. The molecule has 166 valence electrons. The summed E-state index contributed by atoms with van der Waals surface area (Å²) < 4.78 is 0. The van der Waals surface area contributed by atoms with E-state index in [0.29, 0.717) is 12.0 Å². The van der Waals surface area contributed by atoms with Gasteiger partial charge in [0.1, 0.15) is 17.8 Å². The fraction of sp³-hybridized carbons (Fsp3) is 0.444. The summed E-state index contributed by atoms with van der Waals surface area (Å²) in [5.74, 6) is -2.49. The van der Waals surface area contributed by atoms with E-state index in [1.54, 1.807) is 12.1 Å². The van der Waals surface area contributed by atoms with Gasteiger partial charge in [0.15, 0.2) is 5.96 Å². The highest BCUT2D eigenvalue weighted by Crippen LogP contribution is 2.12. The van der Waals surface area contributed by atoms with E-state index in [1.807, 2.05) is 0 Å². The van der Waals surface area contributed by atoms with Gasteiger partial charge in [-0.05, 0) is 30.5 Å². The Kier molecular flexibility index (Phi) is 10.5. The van der Waals surface area contributed by atoms with Gasteiger partial charge < -0.3 is 38.0 Å². The summed E-state index contributed by atoms with van der Waals surface area (Å²) >= 11 is 3.95. The number of carboxylic acid groups (broad SMARTS) is 1. The molecule has 0 aromatic heterocycles. The second kappa shape index (κ2) is 12.5. The highest BCUT2D eigenvalue weighted by atomic mass is 32.1. The zero-order chi connectivity index (χ0) is 22.7. The van der Waals surface area contributed by atoms with Crippen molar-refractivity contribution in [2.45, 2.75) is 37.4 Å². The average molecular weight is 441 g/mol. The molecule has 0 saturated carbocycles. The van der Waals surface area contributed by atoms with Crippen molar-refractivity contribution in [1.82, 2.24) is 10.6 Å². The monoisotopic (exact) mass is 440 g/mol. The number of aliphatic carboxylic acids is 1.